The molecule has 7 heteroatoms. The standard InChI is InChI=1S/C20H21N5OS/c1-14-9-10-16(21-13-14)25-12-6-11-20(25,2)18(26)23-19-22-17(24-27-19)15-7-4-3-5-8-15/h3-5,7-10,13H,6,11-12H2,1-2H3,(H,22,23,24,26). The smallest absolute Gasteiger partial charge is 0.251 e. The van der Waals surface area contributed by atoms with Crippen LogP contribution >= 0.6 is 11.5 Å². The summed E-state index contributed by atoms with van der Waals surface area (Å²) in [7, 11) is 0. The van der Waals surface area contributed by atoms with Gasteiger partial charge in [0, 0.05) is 29.8 Å². The topological polar surface area (TPSA) is 71.0 Å². The summed E-state index contributed by atoms with van der Waals surface area (Å²) in [6, 6.07) is 13.8. The van der Waals surface area contributed by atoms with Crippen molar-refractivity contribution in [3.05, 3.63) is 54.2 Å². The summed E-state index contributed by atoms with van der Waals surface area (Å²) < 4.78 is 4.37. The first-order valence-electron chi connectivity index (χ1n) is 8.97. The molecule has 1 fully saturated rings. The first kappa shape index (κ1) is 17.6. The van der Waals surface area contributed by atoms with E-state index in [1.165, 1.54) is 11.5 Å². The number of carbonyl (C=O) groups excluding carboxylic acids is 1. The van der Waals surface area contributed by atoms with Gasteiger partial charge in [0.05, 0.1) is 0 Å². The van der Waals surface area contributed by atoms with E-state index in [0.717, 1.165) is 36.3 Å². The molecule has 1 saturated heterocycles. The van der Waals surface area contributed by atoms with E-state index in [9.17, 15) is 4.79 Å². The zero-order valence-corrected chi connectivity index (χ0v) is 16.2. The molecule has 3 heterocycles. The fourth-order valence-electron chi connectivity index (χ4n) is 3.40. The van der Waals surface area contributed by atoms with E-state index in [2.05, 4.69) is 24.6 Å². The van der Waals surface area contributed by atoms with Crippen molar-refractivity contribution < 1.29 is 4.79 Å². The molecule has 0 bridgehead atoms. The molecule has 6 nitrogen and oxygen atoms in total. The zero-order chi connectivity index (χ0) is 18.9. The third kappa shape index (κ3) is 3.42. The van der Waals surface area contributed by atoms with E-state index >= 15 is 0 Å². The van der Waals surface area contributed by atoms with Crippen molar-refractivity contribution in [2.45, 2.75) is 32.2 Å². The summed E-state index contributed by atoms with van der Waals surface area (Å²) in [5, 5.41) is 3.48. The fraction of sp³-hybridized carbons (Fsp3) is 0.300. The molecule has 138 valence electrons. The first-order chi connectivity index (χ1) is 13.1. The summed E-state index contributed by atoms with van der Waals surface area (Å²) in [4.78, 5) is 24.2. The third-order valence-electron chi connectivity index (χ3n) is 4.98. The predicted molar refractivity (Wildman–Crippen MR) is 108 cm³/mol. The second-order valence-corrected chi connectivity index (χ2v) is 7.72. The van der Waals surface area contributed by atoms with Gasteiger partial charge in [-0.25, -0.2) is 4.98 Å². The van der Waals surface area contributed by atoms with E-state index < -0.39 is 5.54 Å². The van der Waals surface area contributed by atoms with Crippen molar-refractivity contribution in [3.8, 4) is 11.4 Å². The number of anilines is 2. The van der Waals surface area contributed by atoms with Crippen LogP contribution in [-0.2, 0) is 4.79 Å². The van der Waals surface area contributed by atoms with Gasteiger partial charge in [0.1, 0.15) is 11.4 Å². The number of nitrogens with zero attached hydrogens (tertiary/aromatic N) is 4. The highest BCUT2D eigenvalue weighted by atomic mass is 32.1. The SMILES string of the molecule is Cc1ccc(N2CCCC2(C)C(=O)Nc2nc(-c3ccccc3)ns2)nc1. The number of carbonyl (C=O) groups is 1. The van der Waals surface area contributed by atoms with Gasteiger partial charge >= 0.3 is 0 Å². The normalized spacial score (nSPS) is 19.3. The van der Waals surface area contributed by atoms with Crippen LogP contribution in [0.25, 0.3) is 11.4 Å². The number of amides is 1. The Labute approximate surface area is 162 Å². The minimum Gasteiger partial charge on any atom is -0.342 e. The van der Waals surface area contributed by atoms with Gasteiger partial charge in [-0.15, -0.1) is 0 Å². The van der Waals surface area contributed by atoms with Crippen molar-refractivity contribution in [2.75, 3.05) is 16.8 Å². The quantitative estimate of drug-likeness (QED) is 0.744. The Balaban J connectivity index is 1.53. The van der Waals surface area contributed by atoms with E-state index in [0.29, 0.717) is 11.0 Å². The van der Waals surface area contributed by atoms with Crippen LogP contribution in [0.3, 0.4) is 0 Å². The van der Waals surface area contributed by atoms with Crippen LogP contribution < -0.4 is 10.2 Å². The number of nitrogens with one attached hydrogen (secondary N) is 1. The second kappa shape index (κ2) is 7.08. The summed E-state index contributed by atoms with van der Waals surface area (Å²) in [6.07, 6.45) is 3.56. The molecule has 27 heavy (non-hydrogen) atoms. The van der Waals surface area contributed by atoms with Gasteiger partial charge in [-0.2, -0.15) is 9.36 Å². The lowest BCUT2D eigenvalue weighted by atomic mass is 9.97. The Morgan fingerprint density at radius 3 is 2.78 bits per heavy atom. The highest BCUT2D eigenvalue weighted by Crippen LogP contribution is 2.34. The van der Waals surface area contributed by atoms with Crippen LogP contribution in [0, 0.1) is 6.92 Å². The summed E-state index contributed by atoms with van der Waals surface area (Å²) in [5.41, 5.74) is 1.39. The maximum Gasteiger partial charge on any atom is 0.251 e. The Bertz CT molecular complexity index is 941. The Morgan fingerprint density at radius 1 is 1.22 bits per heavy atom. The van der Waals surface area contributed by atoms with Gasteiger partial charge in [-0.3, -0.25) is 10.1 Å². The molecule has 1 N–H and O–H groups in total. The maximum absolute atomic E-state index is 13.1. The van der Waals surface area contributed by atoms with E-state index in [1.54, 1.807) is 0 Å². The molecule has 1 amide bonds. The Morgan fingerprint density at radius 2 is 2.04 bits per heavy atom. The van der Waals surface area contributed by atoms with Crippen molar-refractivity contribution >= 4 is 28.4 Å². The third-order valence-corrected chi connectivity index (χ3v) is 5.61. The van der Waals surface area contributed by atoms with Gasteiger partial charge in [0.15, 0.2) is 5.82 Å². The lowest BCUT2D eigenvalue weighted by molar-refractivity contribution is -0.120. The molecule has 0 spiro atoms. The summed E-state index contributed by atoms with van der Waals surface area (Å²) in [5.74, 6) is 1.39. The van der Waals surface area contributed by atoms with Crippen molar-refractivity contribution in [1.29, 1.82) is 0 Å². The molecule has 1 aromatic carbocycles. The minimum atomic E-state index is -0.652. The van der Waals surface area contributed by atoms with Crippen LogP contribution in [0.4, 0.5) is 10.9 Å². The molecule has 1 aliphatic rings. The van der Waals surface area contributed by atoms with Crippen LogP contribution in [0.2, 0.25) is 0 Å². The second-order valence-electron chi connectivity index (χ2n) is 6.97. The van der Waals surface area contributed by atoms with Crippen molar-refractivity contribution in [3.63, 3.8) is 0 Å². The maximum atomic E-state index is 13.1. The average Bonchev–Trinajstić information content (AvgIpc) is 3.31. The lowest BCUT2D eigenvalue weighted by Crippen LogP contribution is -2.51. The molecule has 1 unspecified atom stereocenters. The number of aryl methyl sites for hydroxylation is 1. The van der Waals surface area contributed by atoms with Gasteiger partial charge < -0.3 is 4.90 Å². The monoisotopic (exact) mass is 379 g/mol. The number of aromatic nitrogens is 3. The van der Waals surface area contributed by atoms with Gasteiger partial charge in [-0.05, 0) is 38.3 Å². The van der Waals surface area contributed by atoms with Crippen molar-refractivity contribution in [1.82, 2.24) is 14.3 Å². The highest BCUT2D eigenvalue weighted by molar-refractivity contribution is 7.10. The molecule has 0 radical (unpaired) electrons. The number of hydrogen-bond acceptors (Lipinski definition) is 6. The van der Waals surface area contributed by atoms with E-state index in [1.807, 2.05) is 62.5 Å². The first-order valence-corrected chi connectivity index (χ1v) is 9.74. The molecular formula is C20H21N5OS. The summed E-state index contributed by atoms with van der Waals surface area (Å²) >= 11 is 1.20. The Hall–Kier alpha value is -2.80. The largest absolute Gasteiger partial charge is 0.342 e. The van der Waals surface area contributed by atoms with E-state index in [-0.39, 0.29) is 5.91 Å². The number of hydrogen-bond donors (Lipinski definition) is 1. The molecule has 0 aliphatic carbocycles. The highest BCUT2D eigenvalue weighted by Gasteiger charge is 2.44. The lowest BCUT2D eigenvalue weighted by Gasteiger charge is -2.34. The minimum absolute atomic E-state index is 0.0712. The van der Waals surface area contributed by atoms with Crippen LogP contribution in [0.1, 0.15) is 25.3 Å². The van der Waals surface area contributed by atoms with Gasteiger partial charge in [0.25, 0.3) is 5.91 Å². The van der Waals surface area contributed by atoms with E-state index in [4.69, 9.17) is 0 Å². The molecule has 4 rings (SSSR count). The zero-order valence-electron chi connectivity index (χ0n) is 15.3. The molecule has 1 atom stereocenters. The molecular weight excluding hydrogens is 358 g/mol. The fourth-order valence-corrected chi connectivity index (χ4v) is 3.98. The molecule has 3 aromatic rings. The Kier molecular flexibility index (Phi) is 4.61. The van der Waals surface area contributed by atoms with Crippen LogP contribution in [0.5, 0.6) is 0 Å². The van der Waals surface area contributed by atoms with Crippen molar-refractivity contribution in [2.24, 2.45) is 0 Å². The number of benzene rings is 1. The number of pyridine rings is 1. The predicted octanol–water partition coefficient (Wildman–Crippen LogP) is 3.91. The average molecular weight is 379 g/mol. The van der Waals surface area contributed by atoms with Crippen LogP contribution in [0.15, 0.2) is 48.7 Å². The molecule has 2 aromatic heterocycles. The molecule has 0 saturated carbocycles. The number of rotatable bonds is 4. The van der Waals surface area contributed by atoms with Crippen LogP contribution in [-0.4, -0.2) is 32.3 Å². The summed E-state index contributed by atoms with van der Waals surface area (Å²) in [6.45, 7) is 4.79. The van der Waals surface area contributed by atoms with Gasteiger partial charge in [0.2, 0.25) is 5.13 Å². The molecule has 1 aliphatic heterocycles. The van der Waals surface area contributed by atoms with Gasteiger partial charge in [-0.1, -0.05) is 36.4 Å².